The Balaban J connectivity index is 2.25. The van der Waals surface area contributed by atoms with Gasteiger partial charge in [0.15, 0.2) is 0 Å². The van der Waals surface area contributed by atoms with E-state index in [1.54, 1.807) is 4.90 Å². The number of rotatable bonds is 4. The zero-order valence-electron chi connectivity index (χ0n) is 19.1. The molecule has 2 amide bonds. The molecule has 1 heterocycles. The van der Waals surface area contributed by atoms with Crippen LogP contribution >= 0.6 is 0 Å². The van der Waals surface area contributed by atoms with Crippen LogP contribution in [0.1, 0.15) is 43.0 Å². The Kier molecular flexibility index (Phi) is 11.2. The molecule has 2 rings (SSSR count). The number of hydrogen-bond acceptors (Lipinski definition) is 7. The fourth-order valence-electron chi connectivity index (χ4n) is 3.69. The fourth-order valence-corrected chi connectivity index (χ4v) is 3.69. The summed E-state index contributed by atoms with van der Waals surface area (Å²) in [5.74, 6) is -1.20. The van der Waals surface area contributed by atoms with Gasteiger partial charge in [0.05, 0.1) is 12.6 Å². The van der Waals surface area contributed by atoms with Gasteiger partial charge in [0, 0.05) is 38.3 Å². The topological polar surface area (TPSA) is 137 Å². The van der Waals surface area contributed by atoms with Crippen molar-refractivity contribution in [2.24, 2.45) is 5.73 Å². The van der Waals surface area contributed by atoms with Gasteiger partial charge in [-0.25, -0.2) is 4.39 Å². The number of benzene rings is 1. The molecular weight excluding hydrogens is 433 g/mol. The molecule has 0 aliphatic carbocycles. The molecule has 1 saturated heterocycles. The lowest BCUT2D eigenvalue weighted by molar-refractivity contribution is -0.133. The summed E-state index contributed by atoms with van der Waals surface area (Å²) in [6.07, 6.45) is -1.76. The maximum Gasteiger partial charge on any atom is 0.254 e. The second-order valence-corrected chi connectivity index (χ2v) is 8.39. The number of aliphatic hydroxyl groups excluding tert-OH is 3. The quantitative estimate of drug-likeness (QED) is 0.492. The number of ether oxygens (including phenoxy) is 1. The van der Waals surface area contributed by atoms with Crippen molar-refractivity contribution in [2.75, 3.05) is 39.4 Å². The van der Waals surface area contributed by atoms with Gasteiger partial charge in [-0.2, -0.15) is 0 Å². The van der Waals surface area contributed by atoms with Crippen LogP contribution in [0.3, 0.4) is 0 Å². The third-order valence-corrected chi connectivity index (χ3v) is 5.70. The first-order chi connectivity index (χ1) is 15.7. The van der Waals surface area contributed by atoms with Gasteiger partial charge in [0.1, 0.15) is 24.1 Å². The Morgan fingerprint density at radius 2 is 1.76 bits per heavy atom. The lowest BCUT2D eigenvalue weighted by Gasteiger charge is -2.33. The van der Waals surface area contributed by atoms with E-state index in [1.165, 1.54) is 17.0 Å². The highest BCUT2D eigenvalue weighted by Gasteiger charge is 2.30. The van der Waals surface area contributed by atoms with E-state index in [0.717, 1.165) is 18.6 Å². The van der Waals surface area contributed by atoms with Crippen LogP contribution < -0.4 is 5.73 Å². The summed E-state index contributed by atoms with van der Waals surface area (Å²) in [7, 11) is 0. The van der Waals surface area contributed by atoms with Gasteiger partial charge in [-0.1, -0.05) is 13.3 Å². The summed E-state index contributed by atoms with van der Waals surface area (Å²) >= 11 is 0. The highest BCUT2D eigenvalue weighted by atomic mass is 19.1. The van der Waals surface area contributed by atoms with Crippen molar-refractivity contribution in [2.45, 2.75) is 57.0 Å². The predicted octanol–water partition coefficient (Wildman–Crippen LogP) is 0.117. The maximum atomic E-state index is 13.3. The second kappa shape index (κ2) is 13.6. The summed E-state index contributed by atoms with van der Waals surface area (Å²) in [4.78, 5) is 28.9. The number of carbonyl (C=O) groups excluding carboxylic acids is 2. The molecule has 5 N–H and O–H groups in total. The SMILES string of the molecule is CCC[C@H](N)C(=O)N1CCCCOC[C@@H](O)[C@H](O)[C@@H](O)CN(C(=O)c2ccc(F)cc2)CC1. The van der Waals surface area contributed by atoms with Gasteiger partial charge in [-0.15, -0.1) is 0 Å². The number of halogens is 1. The van der Waals surface area contributed by atoms with Gasteiger partial charge in [-0.05, 0) is 43.5 Å². The minimum atomic E-state index is -1.54. The molecule has 10 heteroatoms. The number of β-amino-alcohol motifs (C(OH)–C–C–N with tert-alkyl or cyclic N) is 1. The minimum Gasteiger partial charge on any atom is -0.388 e. The lowest BCUT2D eigenvalue weighted by atomic mass is 10.1. The van der Waals surface area contributed by atoms with Crippen LogP contribution in [0.25, 0.3) is 0 Å². The van der Waals surface area contributed by atoms with Crippen molar-refractivity contribution in [1.82, 2.24) is 9.80 Å². The molecule has 1 aromatic rings. The van der Waals surface area contributed by atoms with Gasteiger partial charge in [-0.3, -0.25) is 9.59 Å². The first kappa shape index (κ1) is 27.1. The Morgan fingerprint density at radius 1 is 1.09 bits per heavy atom. The Morgan fingerprint density at radius 3 is 2.42 bits per heavy atom. The molecule has 1 fully saturated rings. The molecule has 1 aromatic carbocycles. The second-order valence-electron chi connectivity index (χ2n) is 8.39. The van der Waals surface area contributed by atoms with Crippen LogP contribution in [-0.2, 0) is 9.53 Å². The van der Waals surface area contributed by atoms with E-state index >= 15 is 0 Å². The third-order valence-electron chi connectivity index (χ3n) is 5.70. The molecule has 1 aliphatic heterocycles. The van der Waals surface area contributed by atoms with Gasteiger partial charge < -0.3 is 35.6 Å². The molecule has 0 spiro atoms. The van der Waals surface area contributed by atoms with Crippen molar-refractivity contribution >= 4 is 11.8 Å². The Hall–Kier alpha value is -2.11. The van der Waals surface area contributed by atoms with Crippen LogP contribution in [0, 0.1) is 5.82 Å². The third kappa shape index (κ3) is 8.31. The molecule has 1 aliphatic rings. The number of hydrogen-bond donors (Lipinski definition) is 4. The summed E-state index contributed by atoms with van der Waals surface area (Å²) in [5, 5.41) is 30.9. The molecule has 0 bridgehead atoms. The monoisotopic (exact) mass is 469 g/mol. The van der Waals surface area contributed by atoms with Crippen molar-refractivity contribution < 1.29 is 34.0 Å². The maximum absolute atomic E-state index is 13.3. The minimum absolute atomic E-state index is 0.0666. The molecule has 186 valence electrons. The van der Waals surface area contributed by atoms with E-state index in [-0.39, 0.29) is 37.7 Å². The van der Waals surface area contributed by atoms with E-state index in [1.807, 2.05) is 6.92 Å². The molecule has 9 nitrogen and oxygen atoms in total. The van der Waals surface area contributed by atoms with E-state index in [9.17, 15) is 29.3 Å². The first-order valence-corrected chi connectivity index (χ1v) is 11.5. The Bertz CT molecular complexity index is 750. The normalized spacial score (nSPS) is 24.7. The van der Waals surface area contributed by atoms with Crippen LogP contribution in [-0.4, -0.2) is 101 Å². The van der Waals surface area contributed by atoms with E-state index in [4.69, 9.17) is 10.5 Å². The fraction of sp³-hybridized carbons (Fsp3) is 0.652. The van der Waals surface area contributed by atoms with Gasteiger partial charge in [0.2, 0.25) is 5.91 Å². The van der Waals surface area contributed by atoms with Crippen LogP contribution in [0.4, 0.5) is 4.39 Å². The summed E-state index contributed by atoms with van der Waals surface area (Å²) in [6, 6.07) is 4.32. The highest BCUT2D eigenvalue weighted by Crippen LogP contribution is 2.12. The summed E-state index contributed by atoms with van der Waals surface area (Å²) in [6.45, 7) is 2.47. The number of amides is 2. The number of aliphatic hydroxyl groups is 3. The molecule has 0 aromatic heterocycles. The van der Waals surface area contributed by atoms with E-state index < -0.39 is 36.1 Å². The van der Waals surface area contributed by atoms with E-state index in [2.05, 4.69) is 0 Å². The standard InChI is InChI=1S/C23H36FN3O6/c1-2-5-18(25)23(32)26-10-3-4-13-33-15-20(29)21(30)19(28)14-27(12-11-26)22(31)16-6-8-17(24)9-7-16/h6-9,18-21,28-30H,2-5,10-15,25H2,1H3/t18-,19-,20+,21+/m0/s1. The van der Waals surface area contributed by atoms with Crippen LogP contribution in [0.15, 0.2) is 24.3 Å². The molecule has 33 heavy (non-hydrogen) atoms. The zero-order chi connectivity index (χ0) is 24.4. The largest absolute Gasteiger partial charge is 0.388 e. The summed E-state index contributed by atoms with van der Waals surface area (Å²) < 4.78 is 18.7. The van der Waals surface area contributed by atoms with Crippen molar-refractivity contribution in [3.05, 3.63) is 35.6 Å². The van der Waals surface area contributed by atoms with E-state index in [0.29, 0.717) is 32.4 Å². The molecule has 4 atom stereocenters. The lowest BCUT2D eigenvalue weighted by Crippen LogP contribution is -2.51. The van der Waals surface area contributed by atoms with Crippen molar-refractivity contribution in [1.29, 1.82) is 0 Å². The number of nitrogens with zero attached hydrogens (tertiary/aromatic N) is 2. The number of nitrogens with two attached hydrogens (primary N) is 1. The zero-order valence-corrected chi connectivity index (χ0v) is 19.1. The smallest absolute Gasteiger partial charge is 0.254 e. The molecule has 0 unspecified atom stereocenters. The number of carbonyl (C=O) groups is 2. The van der Waals surface area contributed by atoms with Crippen LogP contribution in [0.5, 0.6) is 0 Å². The molecular formula is C23H36FN3O6. The predicted molar refractivity (Wildman–Crippen MR) is 120 cm³/mol. The van der Waals surface area contributed by atoms with Crippen molar-refractivity contribution in [3.63, 3.8) is 0 Å². The summed E-state index contributed by atoms with van der Waals surface area (Å²) in [5.41, 5.74) is 6.24. The Labute approximate surface area is 193 Å². The van der Waals surface area contributed by atoms with Gasteiger partial charge in [0.25, 0.3) is 5.91 Å². The average molecular weight is 470 g/mol. The van der Waals surface area contributed by atoms with Gasteiger partial charge >= 0.3 is 0 Å². The van der Waals surface area contributed by atoms with Crippen LogP contribution in [0.2, 0.25) is 0 Å². The first-order valence-electron chi connectivity index (χ1n) is 11.5. The molecule has 0 saturated carbocycles. The molecule has 0 radical (unpaired) electrons. The average Bonchev–Trinajstić information content (AvgIpc) is 2.80. The van der Waals surface area contributed by atoms with Crippen molar-refractivity contribution in [3.8, 4) is 0 Å². The highest BCUT2D eigenvalue weighted by molar-refractivity contribution is 5.94.